The molecular weight excluding hydrogens is 337 g/mol. The van der Waals surface area contributed by atoms with Gasteiger partial charge in [0.1, 0.15) is 12.4 Å². The molecule has 3 rings (SSSR count). The number of carbonyl (C=O) groups is 1. The van der Waals surface area contributed by atoms with Crippen LogP contribution in [0.15, 0.2) is 58.1 Å². The maximum Gasteiger partial charge on any atom is 0.336 e. The molecule has 0 saturated heterocycles. The van der Waals surface area contributed by atoms with Gasteiger partial charge in [-0.25, -0.2) is 13.8 Å². The summed E-state index contributed by atoms with van der Waals surface area (Å²) in [5.74, 6) is -0.787. The van der Waals surface area contributed by atoms with Crippen LogP contribution in [-0.4, -0.2) is 21.6 Å². The Morgan fingerprint density at radius 3 is 2.46 bits per heavy atom. The van der Waals surface area contributed by atoms with E-state index in [9.17, 15) is 18.8 Å². The van der Waals surface area contributed by atoms with E-state index in [-0.39, 0.29) is 18.1 Å². The van der Waals surface area contributed by atoms with E-state index >= 15 is 0 Å². The van der Waals surface area contributed by atoms with Gasteiger partial charge in [0.15, 0.2) is 0 Å². The highest BCUT2D eigenvalue weighted by Crippen LogP contribution is 2.10. The quantitative estimate of drug-likeness (QED) is 0.759. The molecule has 6 nitrogen and oxygen atoms in total. The zero-order valence-electron chi connectivity index (χ0n) is 14.2. The zero-order valence-corrected chi connectivity index (χ0v) is 14.2. The minimum Gasteiger partial charge on any atom is -0.355 e. The molecule has 3 aromatic rings. The monoisotopic (exact) mass is 355 g/mol. The van der Waals surface area contributed by atoms with Crippen LogP contribution < -0.4 is 16.6 Å². The zero-order chi connectivity index (χ0) is 18.7. The third kappa shape index (κ3) is 3.28. The van der Waals surface area contributed by atoms with Gasteiger partial charge in [0.05, 0.1) is 16.6 Å². The van der Waals surface area contributed by atoms with Crippen LogP contribution in [0.4, 0.5) is 4.39 Å². The Labute approximate surface area is 148 Å². The summed E-state index contributed by atoms with van der Waals surface area (Å²) in [4.78, 5) is 37.9. The number of para-hydroxylation sites is 1. The van der Waals surface area contributed by atoms with Gasteiger partial charge in [0.25, 0.3) is 5.56 Å². The van der Waals surface area contributed by atoms with E-state index in [1.54, 1.807) is 24.3 Å². The third-order valence-electron chi connectivity index (χ3n) is 4.01. The smallest absolute Gasteiger partial charge is 0.336 e. The molecule has 0 spiro atoms. The minimum absolute atomic E-state index is 0.208. The molecule has 1 amide bonds. The number of carbonyl (C=O) groups excluding carboxylic acids is 1. The van der Waals surface area contributed by atoms with Crippen LogP contribution in [0.3, 0.4) is 0 Å². The maximum absolute atomic E-state index is 13.2. The van der Waals surface area contributed by atoms with Crippen molar-refractivity contribution in [1.29, 1.82) is 0 Å². The van der Waals surface area contributed by atoms with Crippen molar-refractivity contribution in [3.8, 4) is 5.69 Å². The number of hydrogen-bond donors (Lipinski definition) is 1. The SMILES string of the molecule is CCCNC(=O)Cn1c(=O)n(-c2ccc(F)cc2)c(=O)c2ccccc21. The molecule has 0 fully saturated rings. The van der Waals surface area contributed by atoms with Gasteiger partial charge in [-0.3, -0.25) is 14.2 Å². The number of rotatable bonds is 5. The van der Waals surface area contributed by atoms with Crippen LogP contribution in [-0.2, 0) is 11.3 Å². The molecule has 1 heterocycles. The number of aromatic nitrogens is 2. The number of amides is 1. The summed E-state index contributed by atoms with van der Waals surface area (Å²) in [6.07, 6.45) is 0.774. The summed E-state index contributed by atoms with van der Waals surface area (Å²) in [5.41, 5.74) is -0.531. The molecule has 0 unspecified atom stereocenters. The van der Waals surface area contributed by atoms with Gasteiger partial charge in [0.2, 0.25) is 5.91 Å². The van der Waals surface area contributed by atoms with Gasteiger partial charge in [-0.2, -0.15) is 0 Å². The standard InChI is InChI=1S/C19H18FN3O3/c1-2-11-21-17(24)12-22-16-6-4-3-5-15(16)18(25)23(19(22)26)14-9-7-13(20)8-10-14/h3-10H,2,11-12H2,1H3,(H,21,24). The van der Waals surface area contributed by atoms with Crippen molar-refractivity contribution in [2.45, 2.75) is 19.9 Å². The van der Waals surface area contributed by atoms with Crippen LogP contribution in [0.5, 0.6) is 0 Å². The summed E-state index contributed by atoms with van der Waals surface area (Å²) < 4.78 is 15.4. The predicted octanol–water partition coefficient (Wildman–Crippen LogP) is 1.82. The van der Waals surface area contributed by atoms with Crippen molar-refractivity contribution in [1.82, 2.24) is 14.5 Å². The molecule has 1 aromatic heterocycles. The highest BCUT2D eigenvalue weighted by Gasteiger charge is 2.16. The molecule has 0 atom stereocenters. The van der Waals surface area contributed by atoms with Crippen LogP contribution >= 0.6 is 0 Å². The largest absolute Gasteiger partial charge is 0.355 e. The first-order valence-electron chi connectivity index (χ1n) is 8.30. The molecule has 0 aliphatic carbocycles. The Bertz CT molecular complexity index is 1070. The third-order valence-corrected chi connectivity index (χ3v) is 4.01. The van der Waals surface area contributed by atoms with Crippen molar-refractivity contribution in [2.75, 3.05) is 6.54 Å². The Morgan fingerprint density at radius 2 is 1.77 bits per heavy atom. The van der Waals surface area contributed by atoms with Crippen molar-refractivity contribution in [3.63, 3.8) is 0 Å². The summed E-state index contributed by atoms with van der Waals surface area (Å²) in [5, 5.41) is 3.02. The van der Waals surface area contributed by atoms with E-state index in [4.69, 9.17) is 0 Å². The minimum atomic E-state index is -0.646. The Kier molecular flexibility index (Phi) is 4.97. The lowest BCUT2D eigenvalue weighted by atomic mass is 10.2. The molecule has 0 aliphatic rings. The van der Waals surface area contributed by atoms with Gasteiger partial charge in [-0.05, 0) is 42.8 Å². The second-order valence-corrected chi connectivity index (χ2v) is 5.85. The number of fused-ring (bicyclic) bond motifs is 1. The number of nitrogens with zero attached hydrogens (tertiary/aromatic N) is 2. The number of hydrogen-bond acceptors (Lipinski definition) is 3. The highest BCUT2D eigenvalue weighted by atomic mass is 19.1. The fourth-order valence-corrected chi connectivity index (χ4v) is 2.76. The molecule has 2 aromatic carbocycles. The normalized spacial score (nSPS) is 10.8. The molecule has 7 heteroatoms. The predicted molar refractivity (Wildman–Crippen MR) is 97.1 cm³/mol. The van der Waals surface area contributed by atoms with E-state index < -0.39 is 17.1 Å². The van der Waals surface area contributed by atoms with E-state index in [0.29, 0.717) is 17.4 Å². The van der Waals surface area contributed by atoms with E-state index in [1.807, 2.05) is 6.92 Å². The molecule has 1 N–H and O–H groups in total. The first-order valence-corrected chi connectivity index (χ1v) is 8.30. The van der Waals surface area contributed by atoms with Crippen molar-refractivity contribution in [3.05, 3.63) is 75.2 Å². The fourth-order valence-electron chi connectivity index (χ4n) is 2.76. The second kappa shape index (κ2) is 7.35. The van der Waals surface area contributed by atoms with Gasteiger partial charge < -0.3 is 5.32 Å². The van der Waals surface area contributed by atoms with Crippen LogP contribution in [0.1, 0.15) is 13.3 Å². The summed E-state index contributed by atoms with van der Waals surface area (Å²) in [6.45, 7) is 2.22. The first kappa shape index (κ1) is 17.6. The van der Waals surface area contributed by atoms with Crippen LogP contribution in [0, 0.1) is 5.82 Å². The van der Waals surface area contributed by atoms with E-state index in [2.05, 4.69) is 5.32 Å². The average molecular weight is 355 g/mol. The van der Waals surface area contributed by atoms with E-state index in [0.717, 1.165) is 11.0 Å². The van der Waals surface area contributed by atoms with Crippen molar-refractivity contribution in [2.24, 2.45) is 0 Å². The molecule has 0 radical (unpaired) electrons. The summed E-state index contributed by atoms with van der Waals surface area (Å²) >= 11 is 0. The number of halogens is 1. The highest BCUT2D eigenvalue weighted by molar-refractivity contribution is 5.81. The van der Waals surface area contributed by atoms with E-state index in [1.165, 1.54) is 28.8 Å². The van der Waals surface area contributed by atoms with Crippen LogP contribution in [0.2, 0.25) is 0 Å². The van der Waals surface area contributed by atoms with Crippen LogP contribution in [0.25, 0.3) is 16.6 Å². The first-order chi connectivity index (χ1) is 12.5. The molecule has 0 saturated carbocycles. The Morgan fingerprint density at radius 1 is 1.08 bits per heavy atom. The lowest BCUT2D eigenvalue weighted by Gasteiger charge is -2.14. The number of nitrogens with one attached hydrogen (secondary N) is 1. The Hall–Kier alpha value is -3.22. The lowest BCUT2D eigenvalue weighted by Crippen LogP contribution is -2.41. The fraction of sp³-hybridized carbons (Fsp3) is 0.211. The van der Waals surface area contributed by atoms with Crippen molar-refractivity contribution >= 4 is 16.8 Å². The topological polar surface area (TPSA) is 73.1 Å². The maximum atomic E-state index is 13.2. The van der Waals surface area contributed by atoms with Gasteiger partial charge in [-0.15, -0.1) is 0 Å². The van der Waals surface area contributed by atoms with Gasteiger partial charge >= 0.3 is 5.69 Å². The molecular formula is C19H18FN3O3. The van der Waals surface area contributed by atoms with Crippen molar-refractivity contribution < 1.29 is 9.18 Å². The summed E-state index contributed by atoms with van der Waals surface area (Å²) in [7, 11) is 0. The number of benzene rings is 2. The lowest BCUT2D eigenvalue weighted by molar-refractivity contribution is -0.121. The second-order valence-electron chi connectivity index (χ2n) is 5.85. The molecule has 134 valence electrons. The van der Waals surface area contributed by atoms with Gasteiger partial charge in [0, 0.05) is 6.54 Å². The molecule has 0 aliphatic heterocycles. The average Bonchev–Trinajstić information content (AvgIpc) is 2.65. The summed E-state index contributed by atoms with van der Waals surface area (Å²) in [6, 6.07) is 11.7. The molecule has 0 bridgehead atoms. The Balaban J connectivity index is 2.23. The van der Waals surface area contributed by atoms with Gasteiger partial charge in [-0.1, -0.05) is 19.1 Å². The molecule has 26 heavy (non-hydrogen) atoms.